The van der Waals surface area contributed by atoms with Gasteiger partial charge in [0.2, 0.25) is 0 Å². The quantitative estimate of drug-likeness (QED) is 0.570. The van der Waals surface area contributed by atoms with Crippen molar-refractivity contribution in [3.05, 3.63) is 81.8 Å². The Kier molecular flexibility index (Phi) is 6.97. The van der Waals surface area contributed by atoms with Crippen molar-refractivity contribution >= 4 is 23.2 Å². The van der Waals surface area contributed by atoms with Gasteiger partial charge >= 0.3 is 5.97 Å². The largest absolute Gasteiger partial charge is 0.486 e. The molecule has 1 amide bonds. The predicted molar refractivity (Wildman–Crippen MR) is 111 cm³/mol. The number of aromatic nitrogens is 1. The molecule has 0 fully saturated rings. The molecule has 6 nitrogen and oxygen atoms in total. The maximum atomic E-state index is 12.6. The van der Waals surface area contributed by atoms with Crippen LogP contribution in [0.1, 0.15) is 33.5 Å². The van der Waals surface area contributed by atoms with E-state index >= 15 is 0 Å². The molecule has 1 aromatic heterocycles. The van der Waals surface area contributed by atoms with Gasteiger partial charge in [0.25, 0.3) is 5.91 Å². The van der Waals surface area contributed by atoms with Gasteiger partial charge in [-0.25, -0.2) is 9.78 Å². The van der Waals surface area contributed by atoms with Gasteiger partial charge in [-0.15, -0.1) is 11.3 Å². The van der Waals surface area contributed by atoms with Crippen molar-refractivity contribution in [2.75, 3.05) is 0 Å². The Morgan fingerprint density at radius 2 is 1.83 bits per heavy atom. The fourth-order valence-corrected chi connectivity index (χ4v) is 3.19. The monoisotopic (exact) mass is 410 g/mol. The van der Waals surface area contributed by atoms with Gasteiger partial charge in [0, 0.05) is 11.9 Å². The number of esters is 1. The molecule has 0 bridgehead atoms. The van der Waals surface area contributed by atoms with Crippen molar-refractivity contribution in [2.45, 2.75) is 33.1 Å². The molecule has 0 aliphatic rings. The van der Waals surface area contributed by atoms with Crippen LogP contribution < -0.4 is 10.1 Å². The van der Waals surface area contributed by atoms with E-state index in [2.05, 4.69) is 10.3 Å². The molecule has 0 saturated carbocycles. The Labute approximate surface area is 173 Å². The third-order valence-corrected chi connectivity index (χ3v) is 4.93. The molecule has 1 atom stereocenters. The molecule has 1 heterocycles. The molecule has 0 radical (unpaired) electrons. The number of ether oxygens (including phenoxy) is 2. The van der Waals surface area contributed by atoms with E-state index in [1.165, 1.54) is 11.3 Å². The zero-order valence-electron chi connectivity index (χ0n) is 16.3. The van der Waals surface area contributed by atoms with Gasteiger partial charge in [0.05, 0.1) is 10.7 Å². The summed E-state index contributed by atoms with van der Waals surface area (Å²) in [7, 11) is 0. The first-order valence-electron chi connectivity index (χ1n) is 9.18. The highest BCUT2D eigenvalue weighted by molar-refractivity contribution is 7.09. The summed E-state index contributed by atoms with van der Waals surface area (Å²) in [5, 5.41) is 5.63. The molecule has 1 N–H and O–H groups in total. The van der Waals surface area contributed by atoms with E-state index in [-0.39, 0.29) is 18.1 Å². The molecule has 0 aliphatic heterocycles. The van der Waals surface area contributed by atoms with Gasteiger partial charge in [-0.3, -0.25) is 4.79 Å². The van der Waals surface area contributed by atoms with Gasteiger partial charge in [-0.05, 0) is 31.5 Å². The number of thiazole rings is 1. The lowest BCUT2D eigenvalue weighted by Gasteiger charge is -2.15. The van der Waals surface area contributed by atoms with Crippen LogP contribution in [-0.2, 0) is 22.7 Å². The smallest absolute Gasteiger partial charge is 0.342 e. The third-order valence-electron chi connectivity index (χ3n) is 4.11. The zero-order chi connectivity index (χ0) is 20.6. The summed E-state index contributed by atoms with van der Waals surface area (Å²) in [5.41, 5.74) is 2.03. The first-order chi connectivity index (χ1) is 14.0. The van der Waals surface area contributed by atoms with Gasteiger partial charge in [-0.2, -0.15) is 0 Å². The molecule has 0 spiro atoms. The molecule has 3 rings (SSSR count). The summed E-state index contributed by atoms with van der Waals surface area (Å²) in [6, 6.07) is 16.3. The average Bonchev–Trinajstić information content (AvgIpc) is 3.16. The SMILES string of the molecule is Cc1nc(COc2ccccc2C(=O)O[C@H](C)C(=O)NCc2ccccc2)cs1. The van der Waals surface area contributed by atoms with Gasteiger partial charge in [-0.1, -0.05) is 42.5 Å². The number of para-hydroxylation sites is 1. The first kappa shape index (κ1) is 20.5. The Morgan fingerprint density at radius 3 is 2.55 bits per heavy atom. The van der Waals surface area contributed by atoms with E-state index in [9.17, 15) is 9.59 Å². The van der Waals surface area contributed by atoms with Crippen molar-refractivity contribution in [1.29, 1.82) is 0 Å². The average molecular weight is 410 g/mol. The van der Waals surface area contributed by atoms with Crippen molar-refractivity contribution in [1.82, 2.24) is 10.3 Å². The van der Waals surface area contributed by atoms with Crippen LogP contribution in [0.5, 0.6) is 5.75 Å². The molecule has 0 unspecified atom stereocenters. The summed E-state index contributed by atoms with van der Waals surface area (Å²) in [6.45, 7) is 4.08. The molecule has 7 heteroatoms. The topological polar surface area (TPSA) is 77.5 Å². The van der Waals surface area contributed by atoms with E-state index in [0.29, 0.717) is 12.3 Å². The fraction of sp³-hybridized carbons (Fsp3) is 0.227. The molecular weight excluding hydrogens is 388 g/mol. The number of carbonyl (C=O) groups excluding carboxylic acids is 2. The number of aryl methyl sites for hydroxylation is 1. The molecule has 150 valence electrons. The van der Waals surface area contributed by atoms with Crippen molar-refractivity contribution in [2.24, 2.45) is 0 Å². The van der Waals surface area contributed by atoms with Crippen molar-refractivity contribution < 1.29 is 19.1 Å². The van der Waals surface area contributed by atoms with Crippen LogP contribution in [0.2, 0.25) is 0 Å². The molecule has 0 aliphatic carbocycles. The summed E-state index contributed by atoms with van der Waals surface area (Å²) in [6.07, 6.45) is -0.930. The normalized spacial score (nSPS) is 11.5. The van der Waals surface area contributed by atoms with Crippen LogP contribution in [0.4, 0.5) is 0 Å². The highest BCUT2D eigenvalue weighted by atomic mass is 32.1. The molecule has 0 saturated heterocycles. The van der Waals surface area contributed by atoms with E-state index in [4.69, 9.17) is 9.47 Å². The number of hydrogen-bond donors (Lipinski definition) is 1. The van der Waals surface area contributed by atoms with E-state index in [1.807, 2.05) is 42.6 Å². The predicted octanol–water partition coefficient (Wildman–Crippen LogP) is 3.89. The van der Waals surface area contributed by atoms with Crippen LogP contribution in [0, 0.1) is 6.92 Å². The van der Waals surface area contributed by atoms with Crippen LogP contribution in [0.3, 0.4) is 0 Å². The molecule has 3 aromatic rings. The number of hydrogen-bond acceptors (Lipinski definition) is 6. The van der Waals surface area contributed by atoms with Crippen LogP contribution in [0.15, 0.2) is 60.0 Å². The number of nitrogens with zero attached hydrogens (tertiary/aromatic N) is 1. The van der Waals surface area contributed by atoms with Crippen molar-refractivity contribution in [3.8, 4) is 5.75 Å². The van der Waals surface area contributed by atoms with Crippen LogP contribution >= 0.6 is 11.3 Å². The van der Waals surface area contributed by atoms with Crippen LogP contribution in [-0.4, -0.2) is 23.0 Å². The highest BCUT2D eigenvalue weighted by Crippen LogP contribution is 2.21. The van der Waals surface area contributed by atoms with Gasteiger partial charge in [0.15, 0.2) is 6.10 Å². The lowest BCUT2D eigenvalue weighted by molar-refractivity contribution is -0.129. The van der Waals surface area contributed by atoms with E-state index in [0.717, 1.165) is 16.3 Å². The maximum Gasteiger partial charge on any atom is 0.342 e. The summed E-state index contributed by atoms with van der Waals surface area (Å²) >= 11 is 1.54. The second-order valence-corrected chi connectivity index (χ2v) is 7.46. The maximum absolute atomic E-state index is 12.6. The summed E-state index contributed by atoms with van der Waals surface area (Å²) < 4.78 is 11.1. The standard InChI is InChI=1S/C22H22N2O4S/c1-15(21(25)23-12-17-8-4-3-5-9-17)28-22(26)19-10-6-7-11-20(19)27-13-18-14-29-16(2)24-18/h3-11,14-15H,12-13H2,1-2H3,(H,23,25)/t15-/m1/s1. The highest BCUT2D eigenvalue weighted by Gasteiger charge is 2.21. The molecule has 29 heavy (non-hydrogen) atoms. The Balaban J connectivity index is 1.57. The van der Waals surface area contributed by atoms with Crippen molar-refractivity contribution in [3.63, 3.8) is 0 Å². The minimum atomic E-state index is -0.930. The minimum Gasteiger partial charge on any atom is -0.486 e. The number of amides is 1. The fourth-order valence-electron chi connectivity index (χ4n) is 2.59. The second-order valence-electron chi connectivity index (χ2n) is 6.39. The summed E-state index contributed by atoms with van der Waals surface area (Å²) in [4.78, 5) is 29.2. The van der Waals surface area contributed by atoms with E-state index < -0.39 is 12.1 Å². The van der Waals surface area contributed by atoms with Crippen LogP contribution in [0.25, 0.3) is 0 Å². The number of nitrogens with one attached hydrogen (secondary N) is 1. The Morgan fingerprint density at radius 1 is 1.10 bits per heavy atom. The minimum absolute atomic E-state index is 0.252. The molecular formula is C22H22N2O4S. The van der Waals surface area contributed by atoms with Gasteiger partial charge < -0.3 is 14.8 Å². The van der Waals surface area contributed by atoms with Gasteiger partial charge in [0.1, 0.15) is 17.9 Å². The third kappa shape index (κ3) is 5.89. The van der Waals surface area contributed by atoms with E-state index in [1.54, 1.807) is 31.2 Å². The lowest BCUT2D eigenvalue weighted by atomic mass is 10.2. The number of rotatable bonds is 8. The number of carbonyl (C=O) groups is 2. The zero-order valence-corrected chi connectivity index (χ0v) is 17.1. The Bertz CT molecular complexity index is 972. The molecule has 2 aromatic carbocycles. The summed E-state index contributed by atoms with van der Waals surface area (Å²) in [5.74, 6) is -0.587. The number of benzene rings is 2. The Hall–Kier alpha value is -3.19. The second kappa shape index (κ2) is 9.84. The lowest BCUT2D eigenvalue weighted by Crippen LogP contribution is -2.35. The first-order valence-corrected chi connectivity index (χ1v) is 10.1.